The van der Waals surface area contributed by atoms with E-state index in [4.69, 9.17) is 14.2 Å². The Morgan fingerprint density at radius 3 is 1.68 bits per heavy atom. The molecule has 6 nitrogen and oxygen atoms in total. The lowest BCUT2D eigenvalue weighted by Crippen LogP contribution is -2.11. The number of esters is 2. The molecule has 6 heteroatoms. The molecule has 0 radical (unpaired) electrons. The molecule has 0 bridgehead atoms. The first-order chi connectivity index (χ1) is 17.9. The van der Waals surface area contributed by atoms with Crippen molar-refractivity contribution >= 4 is 29.0 Å². The molecule has 0 fully saturated rings. The van der Waals surface area contributed by atoms with Crippen LogP contribution in [0.25, 0.3) is 0 Å². The van der Waals surface area contributed by atoms with Gasteiger partial charge < -0.3 is 19.1 Å². The molecule has 0 saturated heterocycles. The average Bonchev–Trinajstić information content (AvgIpc) is 2.91. The lowest BCUT2D eigenvalue weighted by Gasteiger charge is -2.26. The summed E-state index contributed by atoms with van der Waals surface area (Å²) in [4.78, 5) is 25.1. The van der Waals surface area contributed by atoms with Gasteiger partial charge in [0.25, 0.3) is 0 Å². The number of anilines is 3. The number of rotatable bonds is 9. The quantitative estimate of drug-likeness (QED) is 0.137. The highest BCUT2D eigenvalue weighted by molar-refractivity contribution is 5.89. The zero-order valence-corrected chi connectivity index (χ0v) is 20.7. The third-order valence-electron chi connectivity index (χ3n) is 5.36. The molecule has 0 spiro atoms. The number of ether oxygens (including phenoxy) is 3. The molecule has 0 aliphatic rings. The van der Waals surface area contributed by atoms with Gasteiger partial charge in [0.05, 0.1) is 0 Å². The van der Waals surface area contributed by atoms with Crippen LogP contribution in [0.2, 0.25) is 0 Å². The van der Waals surface area contributed by atoms with Gasteiger partial charge in [0, 0.05) is 29.6 Å². The highest BCUT2D eigenvalue weighted by atomic mass is 16.5. The van der Waals surface area contributed by atoms with Crippen LogP contribution < -0.4 is 14.4 Å². The van der Waals surface area contributed by atoms with Gasteiger partial charge in [-0.15, -0.1) is 0 Å². The van der Waals surface area contributed by atoms with Gasteiger partial charge in [-0.25, -0.2) is 4.79 Å². The van der Waals surface area contributed by atoms with Crippen LogP contribution in [0.4, 0.5) is 17.1 Å². The SMILES string of the molecule is C=C(C)C(=O)Oc1ccc(N(c2ccc(COC(C)=O)cc2)c2ccc(Oc3ccccc3)cc2)cc1. The third-order valence-corrected chi connectivity index (χ3v) is 5.36. The third kappa shape index (κ3) is 6.86. The zero-order chi connectivity index (χ0) is 26.2. The van der Waals surface area contributed by atoms with Crippen molar-refractivity contribution in [1.82, 2.24) is 0 Å². The van der Waals surface area contributed by atoms with E-state index in [9.17, 15) is 9.59 Å². The zero-order valence-electron chi connectivity index (χ0n) is 20.7. The molecular formula is C31H27NO5. The van der Waals surface area contributed by atoms with Crippen LogP contribution >= 0.6 is 0 Å². The monoisotopic (exact) mass is 493 g/mol. The van der Waals surface area contributed by atoms with E-state index in [0.717, 1.165) is 28.4 Å². The van der Waals surface area contributed by atoms with Crippen molar-refractivity contribution < 1.29 is 23.8 Å². The van der Waals surface area contributed by atoms with E-state index >= 15 is 0 Å². The maximum Gasteiger partial charge on any atom is 0.338 e. The Morgan fingerprint density at radius 1 is 0.676 bits per heavy atom. The van der Waals surface area contributed by atoms with E-state index in [2.05, 4.69) is 11.5 Å². The van der Waals surface area contributed by atoms with E-state index in [1.807, 2.05) is 91.0 Å². The van der Waals surface area contributed by atoms with Gasteiger partial charge in [0.1, 0.15) is 23.9 Å². The minimum atomic E-state index is -0.470. The van der Waals surface area contributed by atoms with Crippen LogP contribution in [0.15, 0.2) is 115 Å². The molecule has 4 rings (SSSR count). The summed E-state index contributed by atoms with van der Waals surface area (Å²) < 4.78 is 16.4. The van der Waals surface area contributed by atoms with Gasteiger partial charge in [0.2, 0.25) is 0 Å². The van der Waals surface area contributed by atoms with Crippen LogP contribution in [0.5, 0.6) is 17.2 Å². The van der Waals surface area contributed by atoms with Crippen molar-refractivity contribution in [2.45, 2.75) is 20.5 Å². The predicted octanol–water partition coefficient (Wildman–Crippen LogP) is 7.49. The van der Waals surface area contributed by atoms with Gasteiger partial charge in [0.15, 0.2) is 0 Å². The van der Waals surface area contributed by atoms with Gasteiger partial charge >= 0.3 is 11.9 Å². The van der Waals surface area contributed by atoms with Gasteiger partial charge in [-0.1, -0.05) is 36.9 Å². The Hall–Kier alpha value is -4.84. The first-order valence-electron chi connectivity index (χ1n) is 11.7. The number of benzene rings is 4. The molecule has 0 heterocycles. The Balaban J connectivity index is 1.63. The first kappa shape index (κ1) is 25.3. The molecule has 0 unspecified atom stereocenters. The maximum atomic E-state index is 11.9. The summed E-state index contributed by atoms with van der Waals surface area (Å²) in [5.74, 6) is 1.11. The molecule has 0 aromatic heterocycles. The Kier molecular flexibility index (Phi) is 8.01. The van der Waals surface area contributed by atoms with Crippen molar-refractivity contribution in [2.75, 3.05) is 4.90 Å². The minimum absolute atomic E-state index is 0.212. The Bertz CT molecular complexity index is 1360. The number of carbonyl (C=O) groups excluding carboxylic acids is 2. The second-order valence-electron chi connectivity index (χ2n) is 8.35. The fourth-order valence-electron chi connectivity index (χ4n) is 3.52. The smallest absolute Gasteiger partial charge is 0.338 e. The lowest BCUT2D eigenvalue weighted by molar-refractivity contribution is -0.142. The molecule has 0 saturated carbocycles. The predicted molar refractivity (Wildman–Crippen MR) is 144 cm³/mol. The second kappa shape index (κ2) is 11.7. The number of hydrogen-bond acceptors (Lipinski definition) is 6. The molecule has 0 amide bonds. The van der Waals surface area contributed by atoms with Crippen molar-refractivity contribution in [2.24, 2.45) is 0 Å². The van der Waals surface area contributed by atoms with E-state index in [1.54, 1.807) is 19.1 Å². The van der Waals surface area contributed by atoms with E-state index < -0.39 is 5.97 Å². The van der Waals surface area contributed by atoms with E-state index in [0.29, 0.717) is 17.1 Å². The highest BCUT2D eigenvalue weighted by Gasteiger charge is 2.14. The Labute approximate surface area is 216 Å². The van der Waals surface area contributed by atoms with Crippen LogP contribution in [-0.2, 0) is 20.9 Å². The summed E-state index contributed by atoms with van der Waals surface area (Å²) >= 11 is 0. The number of para-hydroxylation sites is 1. The standard InChI is InChI=1S/C31H27NO5/c1-22(2)31(34)37-30-19-15-27(16-20-30)32(25-11-9-24(10-12-25)21-35-23(3)33)26-13-17-29(18-14-26)36-28-7-5-4-6-8-28/h4-20H,1,21H2,2-3H3. The average molecular weight is 494 g/mol. The molecule has 186 valence electrons. The van der Waals surface area contributed by atoms with E-state index in [-0.39, 0.29) is 12.6 Å². The van der Waals surface area contributed by atoms with Gasteiger partial charge in [-0.05, 0) is 85.3 Å². The first-order valence-corrected chi connectivity index (χ1v) is 11.7. The minimum Gasteiger partial charge on any atom is -0.461 e. The molecule has 0 aliphatic heterocycles. The summed E-state index contributed by atoms with van der Waals surface area (Å²) in [6.45, 7) is 6.82. The maximum absolute atomic E-state index is 11.9. The van der Waals surface area contributed by atoms with Crippen molar-refractivity contribution in [3.63, 3.8) is 0 Å². The number of carbonyl (C=O) groups is 2. The molecular weight excluding hydrogens is 466 g/mol. The lowest BCUT2D eigenvalue weighted by atomic mass is 10.1. The fourth-order valence-corrected chi connectivity index (χ4v) is 3.52. The topological polar surface area (TPSA) is 65.1 Å². The van der Waals surface area contributed by atoms with Crippen LogP contribution in [0.3, 0.4) is 0 Å². The molecule has 4 aromatic rings. The van der Waals surface area contributed by atoms with Crippen molar-refractivity contribution in [1.29, 1.82) is 0 Å². The number of hydrogen-bond donors (Lipinski definition) is 0. The normalized spacial score (nSPS) is 10.3. The number of nitrogens with zero attached hydrogens (tertiary/aromatic N) is 1. The second-order valence-corrected chi connectivity index (χ2v) is 8.35. The largest absolute Gasteiger partial charge is 0.461 e. The molecule has 0 aliphatic carbocycles. The van der Waals surface area contributed by atoms with Crippen LogP contribution in [0, 0.1) is 0 Å². The summed E-state index contributed by atoms with van der Waals surface area (Å²) in [5.41, 5.74) is 3.87. The van der Waals surface area contributed by atoms with Crippen LogP contribution in [-0.4, -0.2) is 11.9 Å². The molecule has 0 atom stereocenters. The highest BCUT2D eigenvalue weighted by Crippen LogP contribution is 2.36. The Morgan fingerprint density at radius 2 is 1.16 bits per heavy atom. The summed E-state index contributed by atoms with van der Waals surface area (Å²) in [6.07, 6.45) is 0. The van der Waals surface area contributed by atoms with E-state index in [1.165, 1.54) is 6.92 Å². The molecule has 4 aromatic carbocycles. The van der Waals surface area contributed by atoms with Gasteiger partial charge in [-0.2, -0.15) is 0 Å². The molecule has 37 heavy (non-hydrogen) atoms. The molecule has 0 N–H and O–H groups in total. The van der Waals surface area contributed by atoms with Gasteiger partial charge in [-0.3, -0.25) is 4.79 Å². The summed E-state index contributed by atoms with van der Waals surface area (Å²) in [5, 5.41) is 0. The van der Waals surface area contributed by atoms with Crippen molar-refractivity contribution in [3.8, 4) is 17.2 Å². The fraction of sp³-hybridized carbons (Fsp3) is 0.0968. The van der Waals surface area contributed by atoms with Crippen LogP contribution in [0.1, 0.15) is 19.4 Å². The summed E-state index contributed by atoms with van der Waals surface area (Å²) in [7, 11) is 0. The van der Waals surface area contributed by atoms with Crippen molar-refractivity contribution in [3.05, 3.63) is 121 Å². The summed E-state index contributed by atoms with van der Waals surface area (Å²) in [6, 6.07) is 32.4.